The second-order valence-electron chi connectivity index (χ2n) is 7.19. The summed E-state index contributed by atoms with van der Waals surface area (Å²) >= 11 is 1.28. The van der Waals surface area contributed by atoms with Gasteiger partial charge in [-0.1, -0.05) is 13.0 Å². The molecule has 8 nitrogen and oxygen atoms in total. The average molecular weight is 422 g/mol. The van der Waals surface area contributed by atoms with Crippen LogP contribution in [0, 0.1) is 23.2 Å². The maximum absolute atomic E-state index is 12.8. The van der Waals surface area contributed by atoms with Crippen LogP contribution in [0.25, 0.3) is 5.57 Å². The number of allylic oxidation sites excluding steroid dienone is 2. The van der Waals surface area contributed by atoms with Gasteiger partial charge >= 0.3 is 5.97 Å². The molecule has 2 N–H and O–H groups in total. The molecule has 0 bridgehead atoms. The summed E-state index contributed by atoms with van der Waals surface area (Å²) in [5.74, 6) is -0.950. The van der Waals surface area contributed by atoms with Gasteiger partial charge < -0.3 is 15.4 Å². The number of aromatic nitrogens is 1. The number of nitrogens with one attached hydrogen (secondary N) is 2. The van der Waals surface area contributed by atoms with Crippen LogP contribution in [0.3, 0.4) is 0 Å². The molecule has 2 heterocycles. The standard InChI is InChI=1S/C21H18N4O4S/c1-10-5-12(7-22)19-17(18(10)26)15(9-30-19)24-14-6-16(25-20(27)11-3-4-11)23-8-13(14)21(28)29-2/h5-6,8-11H,3-4H2,1-2H3,(H2,23,24,25,27). The SMILES string of the molecule is COC(=O)c1cnc(NC(=O)C2CC2)cc1Nc1csc2c1C(=O)C(C)C=C2C#N. The van der Waals surface area contributed by atoms with Crippen LogP contribution < -0.4 is 10.6 Å². The van der Waals surface area contributed by atoms with Crippen molar-refractivity contribution in [1.29, 1.82) is 5.26 Å². The number of thiophene rings is 1. The predicted molar refractivity (Wildman–Crippen MR) is 112 cm³/mol. The van der Waals surface area contributed by atoms with E-state index < -0.39 is 11.9 Å². The van der Waals surface area contributed by atoms with Gasteiger partial charge in [-0.3, -0.25) is 9.59 Å². The van der Waals surface area contributed by atoms with Crippen LogP contribution in [0.5, 0.6) is 0 Å². The first kappa shape index (κ1) is 19.8. The number of methoxy groups -OCH3 is 1. The summed E-state index contributed by atoms with van der Waals surface area (Å²) in [6.07, 6.45) is 4.68. The molecular formula is C21H18N4O4S. The lowest BCUT2D eigenvalue weighted by Gasteiger charge is -2.17. The molecule has 4 rings (SSSR count). The summed E-state index contributed by atoms with van der Waals surface area (Å²) in [5, 5.41) is 17.0. The predicted octanol–water partition coefficient (Wildman–Crippen LogP) is 3.76. The third-order valence-electron chi connectivity index (χ3n) is 5.01. The van der Waals surface area contributed by atoms with E-state index in [4.69, 9.17) is 4.74 Å². The third kappa shape index (κ3) is 3.57. The number of amides is 1. The number of nitrogens with zero attached hydrogens (tertiary/aromatic N) is 2. The molecule has 0 aliphatic heterocycles. The van der Waals surface area contributed by atoms with Crippen molar-refractivity contribution < 1.29 is 19.1 Å². The molecular weight excluding hydrogens is 404 g/mol. The van der Waals surface area contributed by atoms with Gasteiger partial charge in [0.15, 0.2) is 5.78 Å². The summed E-state index contributed by atoms with van der Waals surface area (Å²) in [4.78, 5) is 41.8. The summed E-state index contributed by atoms with van der Waals surface area (Å²) in [6.45, 7) is 1.74. The van der Waals surface area contributed by atoms with Gasteiger partial charge in [0.05, 0.1) is 34.5 Å². The molecule has 9 heteroatoms. The molecule has 1 fully saturated rings. The summed E-state index contributed by atoms with van der Waals surface area (Å²) in [7, 11) is 1.26. The number of hydrogen-bond donors (Lipinski definition) is 2. The summed E-state index contributed by atoms with van der Waals surface area (Å²) in [6, 6.07) is 3.67. The van der Waals surface area contributed by atoms with E-state index in [2.05, 4.69) is 21.7 Å². The number of anilines is 3. The highest BCUT2D eigenvalue weighted by Gasteiger charge is 2.31. The van der Waals surface area contributed by atoms with Crippen molar-refractivity contribution in [2.24, 2.45) is 11.8 Å². The zero-order valence-electron chi connectivity index (χ0n) is 16.3. The van der Waals surface area contributed by atoms with Crippen molar-refractivity contribution in [1.82, 2.24) is 4.98 Å². The lowest BCUT2D eigenvalue weighted by atomic mass is 9.89. The highest BCUT2D eigenvalue weighted by atomic mass is 32.1. The Kier molecular flexibility index (Phi) is 5.10. The lowest BCUT2D eigenvalue weighted by Crippen LogP contribution is -2.17. The molecule has 152 valence electrons. The topological polar surface area (TPSA) is 121 Å². The molecule has 2 aliphatic carbocycles. The van der Waals surface area contributed by atoms with Gasteiger partial charge in [0.1, 0.15) is 17.5 Å². The van der Waals surface area contributed by atoms with Gasteiger partial charge in [-0.25, -0.2) is 9.78 Å². The lowest BCUT2D eigenvalue weighted by molar-refractivity contribution is -0.117. The van der Waals surface area contributed by atoms with Gasteiger partial charge in [0, 0.05) is 29.5 Å². The maximum Gasteiger partial charge on any atom is 0.341 e. The highest BCUT2D eigenvalue weighted by Crippen LogP contribution is 2.40. The van der Waals surface area contributed by atoms with Crippen molar-refractivity contribution in [2.45, 2.75) is 19.8 Å². The first-order valence-electron chi connectivity index (χ1n) is 9.37. The molecule has 1 atom stereocenters. The Morgan fingerprint density at radius 2 is 2.10 bits per heavy atom. The largest absolute Gasteiger partial charge is 0.465 e. The number of hydrogen-bond acceptors (Lipinski definition) is 8. The minimum absolute atomic E-state index is 0.00249. The molecule has 2 aromatic rings. The highest BCUT2D eigenvalue weighted by molar-refractivity contribution is 7.12. The normalized spacial score (nSPS) is 17.4. The van der Waals surface area contributed by atoms with Gasteiger partial charge in [-0.05, 0) is 12.8 Å². The van der Waals surface area contributed by atoms with Crippen LogP contribution in [0.1, 0.15) is 45.4 Å². The first-order chi connectivity index (χ1) is 14.4. The molecule has 0 aromatic carbocycles. The van der Waals surface area contributed by atoms with Crippen LogP contribution in [0.15, 0.2) is 23.7 Å². The Balaban J connectivity index is 1.72. The van der Waals surface area contributed by atoms with Crippen LogP contribution >= 0.6 is 11.3 Å². The molecule has 2 aliphatic rings. The minimum Gasteiger partial charge on any atom is -0.465 e. The van der Waals surface area contributed by atoms with Crippen molar-refractivity contribution in [3.8, 4) is 6.07 Å². The minimum atomic E-state index is -0.605. The number of fused-ring (bicyclic) bond motifs is 1. The molecule has 1 unspecified atom stereocenters. The Hall–Kier alpha value is -3.51. The fourth-order valence-corrected chi connectivity index (χ4v) is 4.21. The van der Waals surface area contributed by atoms with Crippen LogP contribution in [0.4, 0.5) is 17.2 Å². The number of rotatable bonds is 5. The van der Waals surface area contributed by atoms with Crippen LogP contribution in [0.2, 0.25) is 0 Å². The number of ether oxygens (including phenoxy) is 1. The molecule has 0 saturated heterocycles. The number of nitriles is 1. The number of carbonyl (C=O) groups is 3. The Labute approximate surface area is 176 Å². The number of esters is 1. The second kappa shape index (κ2) is 7.72. The number of ketones is 1. The fraction of sp³-hybridized carbons (Fsp3) is 0.286. The molecule has 1 amide bonds. The van der Waals surface area contributed by atoms with E-state index in [9.17, 15) is 19.6 Å². The fourth-order valence-electron chi connectivity index (χ4n) is 3.23. The van der Waals surface area contributed by atoms with Gasteiger partial charge in [-0.15, -0.1) is 11.3 Å². The monoisotopic (exact) mass is 422 g/mol. The molecule has 30 heavy (non-hydrogen) atoms. The van der Waals surface area contributed by atoms with Crippen LogP contribution in [-0.4, -0.2) is 29.8 Å². The third-order valence-corrected chi connectivity index (χ3v) is 6.02. The summed E-state index contributed by atoms with van der Waals surface area (Å²) < 4.78 is 4.83. The molecule has 2 aromatic heterocycles. The zero-order valence-corrected chi connectivity index (χ0v) is 17.1. The molecule has 1 saturated carbocycles. The summed E-state index contributed by atoms with van der Waals surface area (Å²) in [5.41, 5.74) is 1.87. The van der Waals surface area contributed by atoms with Crippen molar-refractivity contribution in [3.05, 3.63) is 39.7 Å². The number of Topliss-reactive ketones (excluding diaryl/α,β-unsaturated/α-hetero) is 1. The van der Waals surface area contributed by atoms with Crippen molar-refractivity contribution >= 4 is 51.8 Å². The van der Waals surface area contributed by atoms with E-state index >= 15 is 0 Å². The van der Waals surface area contributed by atoms with E-state index in [0.29, 0.717) is 33.2 Å². The van der Waals surface area contributed by atoms with E-state index in [0.717, 1.165) is 12.8 Å². The van der Waals surface area contributed by atoms with Gasteiger partial charge in [-0.2, -0.15) is 5.26 Å². The zero-order chi connectivity index (χ0) is 21.4. The first-order valence-corrected chi connectivity index (χ1v) is 10.2. The number of pyridine rings is 1. The van der Waals surface area contributed by atoms with Crippen molar-refractivity contribution in [2.75, 3.05) is 17.7 Å². The van der Waals surface area contributed by atoms with E-state index in [1.165, 1.54) is 30.7 Å². The number of carbonyl (C=O) groups excluding carboxylic acids is 3. The van der Waals surface area contributed by atoms with Gasteiger partial charge in [0.2, 0.25) is 5.91 Å². The Bertz CT molecular complexity index is 1140. The Morgan fingerprint density at radius 3 is 2.77 bits per heavy atom. The molecule has 0 radical (unpaired) electrons. The Morgan fingerprint density at radius 1 is 1.33 bits per heavy atom. The van der Waals surface area contributed by atoms with E-state index in [1.807, 2.05) is 0 Å². The molecule has 0 spiro atoms. The van der Waals surface area contributed by atoms with Crippen molar-refractivity contribution in [3.63, 3.8) is 0 Å². The smallest absolute Gasteiger partial charge is 0.341 e. The van der Waals surface area contributed by atoms with Crippen LogP contribution in [-0.2, 0) is 9.53 Å². The second-order valence-corrected chi connectivity index (χ2v) is 8.07. The van der Waals surface area contributed by atoms with E-state index in [1.54, 1.807) is 18.4 Å². The quantitative estimate of drug-likeness (QED) is 0.704. The van der Waals surface area contributed by atoms with E-state index in [-0.39, 0.29) is 23.2 Å². The maximum atomic E-state index is 12.8. The van der Waals surface area contributed by atoms with Gasteiger partial charge in [0.25, 0.3) is 0 Å². The average Bonchev–Trinajstić information content (AvgIpc) is 3.51.